The summed E-state index contributed by atoms with van der Waals surface area (Å²) in [5.74, 6) is 0.0874. The second-order valence-electron chi connectivity index (χ2n) is 6.54. The van der Waals surface area contributed by atoms with Crippen molar-refractivity contribution >= 4 is 15.9 Å². The molecule has 1 aromatic rings. The molecular weight excluding hydrogens is 334 g/mol. The van der Waals surface area contributed by atoms with E-state index >= 15 is 0 Å². The molecule has 2 heterocycles. The highest BCUT2D eigenvalue weighted by atomic mass is 32.2. The van der Waals surface area contributed by atoms with Crippen LogP contribution in [0.5, 0.6) is 0 Å². The molecule has 1 N–H and O–H groups in total. The molecule has 10 heteroatoms. The highest BCUT2D eigenvalue weighted by Crippen LogP contribution is 2.25. The second kappa shape index (κ2) is 7.06. The number of hydrogen-bond acceptors (Lipinski definition) is 5. The van der Waals surface area contributed by atoms with Gasteiger partial charge in [-0.3, -0.25) is 9.36 Å². The molecule has 0 aromatic carbocycles. The normalized spacial score (nSPS) is 19.6. The molecule has 1 aromatic heterocycles. The Morgan fingerprint density at radius 2 is 2.08 bits per heavy atom. The van der Waals surface area contributed by atoms with Crippen molar-refractivity contribution < 1.29 is 13.2 Å². The Labute approximate surface area is 141 Å². The van der Waals surface area contributed by atoms with Gasteiger partial charge in [-0.05, 0) is 26.7 Å². The molecule has 0 spiro atoms. The summed E-state index contributed by atoms with van der Waals surface area (Å²) in [6.45, 7) is 4.33. The Morgan fingerprint density at radius 3 is 2.67 bits per heavy atom. The van der Waals surface area contributed by atoms with Gasteiger partial charge in [0.25, 0.3) is 0 Å². The van der Waals surface area contributed by atoms with Crippen LogP contribution in [-0.2, 0) is 28.4 Å². The number of carbonyl (C=O) groups excluding carboxylic acids is 1. The van der Waals surface area contributed by atoms with Gasteiger partial charge in [0.2, 0.25) is 15.9 Å². The summed E-state index contributed by atoms with van der Waals surface area (Å²) in [4.78, 5) is 24.1. The Bertz CT molecular complexity index is 765. The molecule has 1 amide bonds. The molecule has 1 atom stereocenters. The lowest BCUT2D eigenvalue weighted by Crippen LogP contribution is -2.39. The molecule has 0 aliphatic carbocycles. The third kappa shape index (κ3) is 4.23. The van der Waals surface area contributed by atoms with Crippen LogP contribution in [0.1, 0.15) is 38.4 Å². The number of piperidine rings is 1. The number of carbonyl (C=O) groups is 1. The fourth-order valence-electron chi connectivity index (χ4n) is 2.92. The van der Waals surface area contributed by atoms with Crippen LogP contribution in [0.3, 0.4) is 0 Å². The van der Waals surface area contributed by atoms with E-state index in [1.165, 1.54) is 15.1 Å². The minimum Gasteiger partial charge on any atom is -0.352 e. The van der Waals surface area contributed by atoms with E-state index in [4.69, 9.17) is 0 Å². The minimum absolute atomic E-state index is 0.0157. The Morgan fingerprint density at radius 1 is 1.42 bits per heavy atom. The van der Waals surface area contributed by atoms with E-state index in [-0.39, 0.29) is 30.1 Å². The average molecular weight is 359 g/mol. The first-order valence-electron chi connectivity index (χ1n) is 7.97. The van der Waals surface area contributed by atoms with E-state index in [0.29, 0.717) is 25.3 Å². The van der Waals surface area contributed by atoms with Crippen LogP contribution in [-0.4, -0.2) is 58.4 Å². The third-order valence-electron chi connectivity index (χ3n) is 4.04. The number of rotatable bonds is 5. The van der Waals surface area contributed by atoms with Crippen molar-refractivity contribution in [1.82, 2.24) is 24.0 Å². The SMILES string of the molecule is CC(C)NC(=O)Cn1nc(C2CCCN(S(C)(=O)=O)C2)n(C)c1=O. The molecule has 136 valence electrons. The zero-order valence-electron chi connectivity index (χ0n) is 14.5. The van der Waals surface area contributed by atoms with Crippen molar-refractivity contribution in [3.05, 3.63) is 16.3 Å². The summed E-state index contributed by atoms with van der Waals surface area (Å²) >= 11 is 0. The van der Waals surface area contributed by atoms with Crippen molar-refractivity contribution in [3.8, 4) is 0 Å². The van der Waals surface area contributed by atoms with Gasteiger partial charge in [0.15, 0.2) is 0 Å². The zero-order valence-corrected chi connectivity index (χ0v) is 15.3. The quantitative estimate of drug-likeness (QED) is 0.744. The van der Waals surface area contributed by atoms with Gasteiger partial charge in [0, 0.05) is 32.1 Å². The van der Waals surface area contributed by atoms with Crippen LogP contribution in [0.2, 0.25) is 0 Å². The molecule has 1 aliphatic heterocycles. The first-order chi connectivity index (χ1) is 11.1. The van der Waals surface area contributed by atoms with E-state index in [1.54, 1.807) is 7.05 Å². The first-order valence-corrected chi connectivity index (χ1v) is 9.82. The van der Waals surface area contributed by atoms with Gasteiger partial charge in [0.1, 0.15) is 12.4 Å². The molecule has 9 nitrogen and oxygen atoms in total. The topological polar surface area (TPSA) is 106 Å². The van der Waals surface area contributed by atoms with Crippen LogP contribution in [0.15, 0.2) is 4.79 Å². The van der Waals surface area contributed by atoms with Gasteiger partial charge < -0.3 is 5.32 Å². The molecule has 24 heavy (non-hydrogen) atoms. The van der Waals surface area contributed by atoms with E-state index in [2.05, 4.69) is 10.4 Å². The van der Waals surface area contributed by atoms with E-state index in [1.807, 2.05) is 13.8 Å². The van der Waals surface area contributed by atoms with Gasteiger partial charge in [-0.1, -0.05) is 0 Å². The highest BCUT2D eigenvalue weighted by molar-refractivity contribution is 7.88. The maximum atomic E-state index is 12.3. The Kier molecular flexibility index (Phi) is 5.49. The number of nitrogens with zero attached hydrogens (tertiary/aromatic N) is 4. The summed E-state index contributed by atoms with van der Waals surface area (Å²) < 4.78 is 27.4. The fourth-order valence-corrected chi connectivity index (χ4v) is 3.83. The van der Waals surface area contributed by atoms with Crippen molar-refractivity contribution in [1.29, 1.82) is 0 Å². The average Bonchev–Trinajstić information content (AvgIpc) is 2.74. The molecule has 1 aliphatic rings. The van der Waals surface area contributed by atoms with Crippen molar-refractivity contribution in [3.63, 3.8) is 0 Å². The number of sulfonamides is 1. The van der Waals surface area contributed by atoms with Gasteiger partial charge in [-0.25, -0.2) is 22.2 Å². The molecule has 1 saturated heterocycles. The van der Waals surface area contributed by atoms with Gasteiger partial charge in [0.05, 0.1) is 6.26 Å². The van der Waals surface area contributed by atoms with Crippen LogP contribution in [0, 0.1) is 0 Å². The van der Waals surface area contributed by atoms with Gasteiger partial charge in [-0.15, -0.1) is 0 Å². The van der Waals surface area contributed by atoms with E-state index in [0.717, 1.165) is 11.1 Å². The maximum absolute atomic E-state index is 12.3. The third-order valence-corrected chi connectivity index (χ3v) is 5.31. The highest BCUT2D eigenvalue weighted by Gasteiger charge is 2.30. The lowest BCUT2D eigenvalue weighted by molar-refractivity contribution is -0.122. The number of amides is 1. The first kappa shape index (κ1) is 18.7. The predicted octanol–water partition coefficient (Wildman–Crippen LogP) is -0.755. The number of aromatic nitrogens is 3. The van der Waals surface area contributed by atoms with Crippen LogP contribution in [0.25, 0.3) is 0 Å². The van der Waals surface area contributed by atoms with Gasteiger partial charge in [-0.2, -0.15) is 5.10 Å². The van der Waals surface area contributed by atoms with Gasteiger partial charge >= 0.3 is 5.69 Å². The van der Waals surface area contributed by atoms with Crippen molar-refractivity contribution in [2.45, 2.75) is 45.2 Å². The smallest absolute Gasteiger partial charge is 0.346 e. The van der Waals surface area contributed by atoms with Crippen molar-refractivity contribution in [2.24, 2.45) is 7.05 Å². The minimum atomic E-state index is -3.27. The van der Waals surface area contributed by atoms with Crippen LogP contribution >= 0.6 is 0 Å². The van der Waals surface area contributed by atoms with Crippen molar-refractivity contribution in [2.75, 3.05) is 19.3 Å². The maximum Gasteiger partial charge on any atom is 0.346 e. The summed E-state index contributed by atoms with van der Waals surface area (Å²) in [5.41, 5.74) is -0.375. The standard InChI is InChI=1S/C14H25N5O4S/c1-10(2)15-12(20)9-19-14(21)17(3)13(16-19)11-6-5-7-18(8-11)24(4,22)23/h10-11H,5-9H2,1-4H3,(H,15,20). The van der Waals surface area contributed by atoms with E-state index in [9.17, 15) is 18.0 Å². The molecular formula is C14H25N5O4S. The Balaban J connectivity index is 2.21. The molecule has 2 rings (SSSR count). The molecule has 0 saturated carbocycles. The predicted molar refractivity (Wildman–Crippen MR) is 89.1 cm³/mol. The fraction of sp³-hybridized carbons (Fsp3) is 0.786. The number of nitrogens with one attached hydrogen (secondary N) is 1. The summed E-state index contributed by atoms with van der Waals surface area (Å²) in [6, 6.07) is -0.0157. The van der Waals surface area contributed by atoms with Crippen LogP contribution < -0.4 is 11.0 Å². The largest absolute Gasteiger partial charge is 0.352 e. The lowest BCUT2D eigenvalue weighted by Gasteiger charge is -2.30. The van der Waals surface area contributed by atoms with E-state index < -0.39 is 10.0 Å². The zero-order chi connectivity index (χ0) is 18.1. The van der Waals surface area contributed by atoms with Crippen LogP contribution in [0.4, 0.5) is 0 Å². The number of hydrogen-bond donors (Lipinski definition) is 1. The monoisotopic (exact) mass is 359 g/mol. The molecule has 0 bridgehead atoms. The summed E-state index contributed by atoms with van der Waals surface area (Å²) in [7, 11) is -1.67. The molecule has 1 fully saturated rings. The second-order valence-corrected chi connectivity index (χ2v) is 8.52. The summed E-state index contributed by atoms with van der Waals surface area (Å²) in [5, 5.41) is 7.00. The Hall–Kier alpha value is -1.68. The molecule has 0 radical (unpaired) electrons. The lowest BCUT2D eigenvalue weighted by atomic mass is 9.99. The summed E-state index contributed by atoms with van der Waals surface area (Å²) in [6.07, 6.45) is 2.66. The molecule has 1 unspecified atom stereocenters.